The summed E-state index contributed by atoms with van der Waals surface area (Å²) >= 11 is 0. The first kappa shape index (κ1) is 14.9. The molecule has 2 aliphatic rings. The van der Waals surface area contributed by atoms with Crippen molar-refractivity contribution in [1.29, 1.82) is 0 Å². The van der Waals surface area contributed by atoms with E-state index in [1.54, 1.807) is 12.3 Å². The predicted octanol–water partition coefficient (Wildman–Crippen LogP) is -0.453. The Morgan fingerprint density at radius 1 is 1.50 bits per heavy atom. The van der Waals surface area contributed by atoms with Gasteiger partial charge in [-0.25, -0.2) is 10.2 Å². The van der Waals surface area contributed by atoms with Gasteiger partial charge in [-0.15, -0.1) is 0 Å². The summed E-state index contributed by atoms with van der Waals surface area (Å²) < 4.78 is 2.33. The summed E-state index contributed by atoms with van der Waals surface area (Å²) in [5.74, 6) is -0.340. The smallest absolute Gasteiger partial charge is 0.316 e. The molecule has 22 heavy (non-hydrogen) atoms. The van der Waals surface area contributed by atoms with Crippen molar-refractivity contribution in [1.82, 2.24) is 14.8 Å². The Hall–Kier alpha value is -2.06. The van der Waals surface area contributed by atoms with Crippen LogP contribution in [0.4, 0.5) is 5.69 Å². The molecular formula is C14H20N5O3+. The van der Waals surface area contributed by atoms with Crippen LogP contribution < -0.4 is 16.2 Å². The molecule has 0 aliphatic carbocycles. The van der Waals surface area contributed by atoms with E-state index in [4.69, 9.17) is 0 Å². The molecule has 8 nitrogen and oxygen atoms in total. The second-order valence-corrected chi connectivity index (χ2v) is 5.58. The first-order valence-corrected chi connectivity index (χ1v) is 7.54. The molecule has 118 valence electrons. The van der Waals surface area contributed by atoms with Gasteiger partial charge in [0.15, 0.2) is 0 Å². The van der Waals surface area contributed by atoms with Gasteiger partial charge in [0.05, 0.1) is 12.2 Å². The molecule has 2 N–H and O–H groups in total. The number of nitroso groups, excluding NO2 is 1. The predicted molar refractivity (Wildman–Crippen MR) is 80.4 cm³/mol. The number of nitrogens with zero attached hydrogens (tertiary/aromatic N) is 3. The number of hydrogen-bond acceptors (Lipinski definition) is 5. The molecule has 2 saturated heterocycles. The van der Waals surface area contributed by atoms with Crippen LogP contribution in [0.5, 0.6) is 0 Å². The minimum atomic E-state index is -0.738. The highest BCUT2D eigenvalue weighted by atomic mass is 16.3. The number of fused-ring (bicyclic) bond motifs is 1. The highest BCUT2D eigenvalue weighted by Crippen LogP contribution is 2.18. The lowest BCUT2D eigenvalue weighted by atomic mass is 10.2. The standard InChI is InChI=1S/C14H19N5O3/c1-2-17-8-10(4-5-12(17)20)16-13(21)11-9-18-7-3-6-15-14(18)19(11)22/h4-5,8,11,14-15H,2-3,6-7,9H2,1H3/p+1. The van der Waals surface area contributed by atoms with Gasteiger partial charge in [0.2, 0.25) is 0 Å². The normalized spacial score (nSPS) is 25.0. The molecule has 0 saturated carbocycles. The Bertz CT molecular complexity index is 656. The summed E-state index contributed by atoms with van der Waals surface area (Å²) in [6, 6.07) is 2.23. The van der Waals surface area contributed by atoms with Gasteiger partial charge in [0, 0.05) is 41.6 Å². The zero-order chi connectivity index (χ0) is 15.7. The molecular weight excluding hydrogens is 286 g/mol. The number of nitrogens with one attached hydrogen (secondary N) is 2. The maximum Gasteiger partial charge on any atom is 0.316 e. The third-order valence-corrected chi connectivity index (χ3v) is 4.14. The SMILES string of the molecule is CCn1cc(NC(=O)C2CN3CCCNC3[N+]2=O)ccc1=O. The minimum Gasteiger partial charge on any atom is -0.319 e. The quantitative estimate of drug-likeness (QED) is 0.739. The molecule has 1 aromatic heterocycles. The largest absolute Gasteiger partial charge is 0.319 e. The number of anilines is 1. The third kappa shape index (κ3) is 2.67. The van der Waals surface area contributed by atoms with Gasteiger partial charge < -0.3 is 9.88 Å². The fraction of sp³-hybridized carbons (Fsp3) is 0.571. The fourth-order valence-electron chi connectivity index (χ4n) is 2.96. The number of carbonyl (C=O) groups is 1. The minimum absolute atomic E-state index is 0.117. The van der Waals surface area contributed by atoms with E-state index < -0.39 is 12.3 Å². The number of rotatable bonds is 3. The molecule has 1 aromatic rings. The van der Waals surface area contributed by atoms with Crippen molar-refractivity contribution < 1.29 is 9.55 Å². The third-order valence-electron chi connectivity index (χ3n) is 4.14. The summed E-state index contributed by atoms with van der Waals surface area (Å²) in [5, 5.41) is 5.85. The molecule has 3 rings (SSSR count). The molecule has 2 unspecified atom stereocenters. The average molecular weight is 306 g/mol. The van der Waals surface area contributed by atoms with Crippen LogP contribution in [0.3, 0.4) is 0 Å². The monoisotopic (exact) mass is 306 g/mol. The summed E-state index contributed by atoms with van der Waals surface area (Å²) in [6.07, 6.45) is 2.16. The van der Waals surface area contributed by atoms with E-state index in [1.807, 2.05) is 11.8 Å². The van der Waals surface area contributed by atoms with E-state index in [1.165, 1.54) is 10.6 Å². The lowest BCUT2D eigenvalue weighted by Crippen LogP contribution is -2.51. The van der Waals surface area contributed by atoms with Crippen LogP contribution in [0.2, 0.25) is 0 Å². The molecule has 2 atom stereocenters. The first-order valence-electron chi connectivity index (χ1n) is 7.54. The van der Waals surface area contributed by atoms with E-state index in [0.29, 0.717) is 18.8 Å². The van der Waals surface area contributed by atoms with Crippen molar-refractivity contribution in [2.24, 2.45) is 0 Å². The Morgan fingerprint density at radius 3 is 3.05 bits per heavy atom. The van der Waals surface area contributed by atoms with Crippen molar-refractivity contribution in [3.63, 3.8) is 0 Å². The zero-order valence-electron chi connectivity index (χ0n) is 12.5. The van der Waals surface area contributed by atoms with Gasteiger partial charge in [0.1, 0.15) is 0 Å². The summed E-state index contributed by atoms with van der Waals surface area (Å²) in [6.45, 7) is 4.41. The zero-order valence-corrected chi connectivity index (χ0v) is 12.5. The van der Waals surface area contributed by atoms with Gasteiger partial charge in [-0.05, 0) is 19.4 Å². The van der Waals surface area contributed by atoms with Crippen molar-refractivity contribution in [3.8, 4) is 0 Å². The number of aryl methyl sites for hydroxylation is 1. The number of hydrogen-bond donors (Lipinski definition) is 2. The van der Waals surface area contributed by atoms with E-state index in [9.17, 15) is 14.5 Å². The number of aromatic nitrogens is 1. The topological polar surface area (TPSA) is 86.4 Å². The van der Waals surface area contributed by atoms with Crippen molar-refractivity contribution >= 4 is 11.6 Å². The van der Waals surface area contributed by atoms with Crippen molar-refractivity contribution in [2.75, 3.05) is 25.0 Å². The molecule has 2 fully saturated rings. The first-order chi connectivity index (χ1) is 10.6. The molecule has 1 amide bonds. The van der Waals surface area contributed by atoms with Crippen LogP contribution in [0.1, 0.15) is 13.3 Å². The lowest BCUT2D eigenvalue weighted by Gasteiger charge is -2.22. The summed E-state index contributed by atoms with van der Waals surface area (Å²) in [5.41, 5.74) is 0.408. The fourth-order valence-corrected chi connectivity index (χ4v) is 2.96. The van der Waals surface area contributed by atoms with Gasteiger partial charge in [-0.1, -0.05) is 0 Å². The average Bonchev–Trinajstić information content (AvgIpc) is 2.87. The maximum absolute atomic E-state index is 12.4. The molecule has 8 heteroatoms. The van der Waals surface area contributed by atoms with Crippen molar-refractivity contribution in [3.05, 3.63) is 33.6 Å². The molecule has 0 aromatic carbocycles. The molecule has 0 bridgehead atoms. The molecule has 0 spiro atoms. The second-order valence-electron chi connectivity index (χ2n) is 5.58. The lowest BCUT2D eigenvalue weighted by molar-refractivity contribution is -0.603. The van der Waals surface area contributed by atoms with Gasteiger partial charge in [0.25, 0.3) is 17.5 Å². The van der Waals surface area contributed by atoms with Crippen LogP contribution in [0.25, 0.3) is 0 Å². The molecule has 3 heterocycles. The Balaban J connectivity index is 1.72. The van der Waals surface area contributed by atoms with Gasteiger partial charge in [-0.2, -0.15) is 0 Å². The summed E-state index contributed by atoms with van der Waals surface area (Å²) in [4.78, 5) is 38.1. The van der Waals surface area contributed by atoms with E-state index in [2.05, 4.69) is 10.6 Å². The molecule has 2 aliphatic heterocycles. The second kappa shape index (κ2) is 5.98. The number of carbonyl (C=O) groups excluding carboxylic acids is 1. The van der Waals surface area contributed by atoms with E-state index >= 15 is 0 Å². The van der Waals surface area contributed by atoms with E-state index in [0.717, 1.165) is 24.3 Å². The van der Waals surface area contributed by atoms with Crippen molar-refractivity contribution in [2.45, 2.75) is 32.2 Å². The maximum atomic E-state index is 12.4. The van der Waals surface area contributed by atoms with Gasteiger partial charge >= 0.3 is 6.29 Å². The Kier molecular flexibility index (Phi) is 4.04. The van der Waals surface area contributed by atoms with Crippen LogP contribution >= 0.6 is 0 Å². The highest BCUT2D eigenvalue weighted by Gasteiger charge is 2.52. The van der Waals surface area contributed by atoms with Crippen LogP contribution in [0.15, 0.2) is 23.1 Å². The Labute approximate surface area is 127 Å². The van der Waals surface area contributed by atoms with Crippen LogP contribution in [0, 0.1) is 4.91 Å². The number of amides is 1. The van der Waals surface area contributed by atoms with Gasteiger partial charge in [-0.3, -0.25) is 9.59 Å². The van der Waals surface area contributed by atoms with Crippen LogP contribution in [-0.2, 0) is 11.3 Å². The highest BCUT2D eigenvalue weighted by molar-refractivity contribution is 5.94. The molecule has 0 radical (unpaired) electrons. The van der Waals surface area contributed by atoms with E-state index in [-0.39, 0.29) is 11.5 Å². The summed E-state index contributed by atoms with van der Waals surface area (Å²) in [7, 11) is 0. The Morgan fingerprint density at radius 2 is 2.32 bits per heavy atom. The number of pyridine rings is 1. The van der Waals surface area contributed by atoms with Crippen LogP contribution in [-0.4, -0.2) is 52.1 Å².